The first kappa shape index (κ1) is 23.6. The minimum Gasteiger partial charge on any atom is -0.450 e. The summed E-state index contributed by atoms with van der Waals surface area (Å²) in [4.78, 5) is 18.1. The molecule has 0 atom stereocenters. The molecule has 34 heavy (non-hydrogen) atoms. The van der Waals surface area contributed by atoms with E-state index < -0.39 is 12.3 Å². The lowest BCUT2D eigenvalue weighted by molar-refractivity contribution is 0.137. The Morgan fingerprint density at radius 1 is 1.03 bits per heavy atom. The number of rotatable bonds is 3. The summed E-state index contributed by atoms with van der Waals surface area (Å²) >= 11 is 3.60. The topological polar surface area (TPSA) is 127 Å². The number of carbonyl (C=O) groups is 1. The van der Waals surface area contributed by atoms with Crippen LogP contribution in [0.3, 0.4) is 0 Å². The Labute approximate surface area is 203 Å². The highest BCUT2D eigenvalue weighted by Gasteiger charge is 2.27. The fourth-order valence-electron chi connectivity index (χ4n) is 4.15. The van der Waals surface area contributed by atoms with E-state index in [0.29, 0.717) is 24.3 Å². The second-order valence-electron chi connectivity index (χ2n) is 8.02. The standard InChI is InChI=1S/C23H21BrFN5.CH2O3/c24-20-21(15-6-9-17(25)10-7-15)29-23-18(13-28-30(23)22(20)26)16-8-11-19(27-12-16)14-4-2-1-3-5-14;2-1(3)4/h1-5,8,11-13,15,17H,6-7,9-10,26H2;(H2,2,3,4)/t15-,17-;. The van der Waals surface area contributed by atoms with Crippen LogP contribution in [0.25, 0.3) is 28.0 Å². The van der Waals surface area contributed by atoms with Gasteiger partial charge in [-0.15, -0.1) is 0 Å². The quantitative estimate of drug-likeness (QED) is 0.297. The molecule has 176 valence electrons. The summed E-state index contributed by atoms with van der Waals surface area (Å²) in [5, 5.41) is 18.4. The zero-order chi connectivity index (χ0) is 24.2. The molecular formula is C24H23BrFN5O3. The summed E-state index contributed by atoms with van der Waals surface area (Å²) < 4.78 is 16.0. The Morgan fingerprint density at radius 3 is 2.32 bits per heavy atom. The van der Waals surface area contributed by atoms with Gasteiger partial charge < -0.3 is 15.9 Å². The molecule has 1 fully saturated rings. The number of nitrogen functional groups attached to an aromatic ring is 1. The molecule has 5 rings (SSSR count). The molecule has 4 aromatic rings. The molecule has 1 aromatic carbocycles. The number of pyridine rings is 1. The smallest absolute Gasteiger partial charge is 0.450 e. The van der Waals surface area contributed by atoms with Crippen molar-refractivity contribution in [3.63, 3.8) is 0 Å². The maximum atomic E-state index is 13.6. The number of aromatic nitrogens is 4. The van der Waals surface area contributed by atoms with Gasteiger partial charge in [-0.2, -0.15) is 9.61 Å². The number of nitrogens with zero attached hydrogens (tertiary/aromatic N) is 4. The molecule has 0 amide bonds. The van der Waals surface area contributed by atoms with Crippen molar-refractivity contribution < 1.29 is 19.4 Å². The fraction of sp³-hybridized carbons (Fsp3) is 0.250. The Hall–Kier alpha value is -3.53. The third-order valence-corrected chi connectivity index (χ3v) is 6.65. The van der Waals surface area contributed by atoms with Crippen LogP contribution in [0, 0.1) is 0 Å². The van der Waals surface area contributed by atoms with Gasteiger partial charge in [-0.05, 0) is 47.7 Å². The van der Waals surface area contributed by atoms with Crippen LogP contribution in [0.1, 0.15) is 37.3 Å². The summed E-state index contributed by atoms with van der Waals surface area (Å²) in [6.07, 6.45) is 3.76. The van der Waals surface area contributed by atoms with Crippen molar-refractivity contribution in [1.29, 1.82) is 0 Å². The monoisotopic (exact) mass is 527 g/mol. The van der Waals surface area contributed by atoms with E-state index in [-0.39, 0.29) is 5.92 Å². The first-order valence-electron chi connectivity index (χ1n) is 10.8. The van der Waals surface area contributed by atoms with Crippen molar-refractivity contribution in [2.75, 3.05) is 5.73 Å². The zero-order valence-corrected chi connectivity index (χ0v) is 19.7. The number of fused-ring (bicyclic) bond motifs is 1. The lowest BCUT2D eigenvalue weighted by Gasteiger charge is -2.25. The van der Waals surface area contributed by atoms with Crippen molar-refractivity contribution in [3.05, 3.63) is 65.0 Å². The van der Waals surface area contributed by atoms with Gasteiger partial charge in [0.15, 0.2) is 5.65 Å². The van der Waals surface area contributed by atoms with Crippen LogP contribution in [0.4, 0.5) is 15.0 Å². The molecular weight excluding hydrogens is 505 g/mol. The van der Waals surface area contributed by atoms with Crippen molar-refractivity contribution in [2.24, 2.45) is 0 Å². The molecule has 0 saturated heterocycles. The van der Waals surface area contributed by atoms with Gasteiger partial charge in [0.25, 0.3) is 0 Å². The maximum absolute atomic E-state index is 13.6. The Morgan fingerprint density at radius 2 is 1.71 bits per heavy atom. The van der Waals surface area contributed by atoms with Gasteiger partial charge in [-0.1, -0.05) is 36.4 Å². The highest BCUT2D eigenvalue weighted by molar-refractivity contribution is 9.10. The van der Waals surface area contributed by atoms with Gasteiger partial charge in [0.2, 0.25) is 0 Å². The van der Waals surface area contributed by atoms with E-state index >= 15 is 0 Å². The van der Waals surface area contributed by atoms with Crippen LogP contribution >= 0.6 is 15.9 Å². The molecule has 10 heteroatoms. The first-order chi connectivity index (χ1) is 16.3. The van der Waals surface area contributed by atoms with Gasteiger partial charge in [-0.3, -0.25) is 4.98 Å². The molecule has 0 bridgehead atoms. The van der Waals surface area contributed by atoms with Crippen LogP contribution in [-0.4, -0.2) is 42.1 Å². The van der Waals surface area contributed by atoms with Crippen LogP contribution in [0.15, 0.2) is 59.3 Å². The predicted molar refractivity (Wildman–Crippen MR) is 131 cm³/mol. The van der Waals surface area contributed by atoms with E-state index in [0.717, 1.165) is 45.4 Å². The Kier molecular flexibility index (Phi) is 7.06. The predicted octanol–water partition coefficient (Wildman–Crippen LogP) is 6.02. The van der Waals surface area contributed by atoms with E-state index in [4.69, 9.17) is 25.7 Å². The van der Waals surface area contributed by atoms with E-state index in [2.05, 4.69) is 26.0 Å². The van der Waals surface area contributed by atoms with Gasteiger partial charge >= 0.3 is 6.16 Å². The molecule has 1 aliphatic rings. The number of alkyl halides is 1. The number of anilines is 1. The SMILES string of the molecule is Nc1c(Br)c([C@H]2CC[C@H](F)CC2)nc2c(-c3ccc(-c4ccccc4)nc3)cnn12.O=C(O)O. The van der Waals surface area contributed by atoms with Crippen molar-refractivity contribution >= 4 is 33.6 Å². The molecule has 4 N–H and O–H groups in total. The molecule has 0 spiro atoms. The van der Waals surface area contributed by atoms with Crippen LogP contribution < -0.4 is 5.73 Å². The average Bonchev–Trinajstić information content (AvgIpc) is 3.26. The number of hydrogen-bond acceptors (Lipinski definition) is 5. The summed E-state index contributed by atoms with van der Waals surface area (Å²) in [5.74, 6) is 0.706. The minimum absolute atomic E-state index is 0.194. The van der Waals surface area contributed by atoms with E-state index in [1.807, 2.05) is 48.7 Å². The largest absolute Gasteiger partial charge is 0.503 e. The molecule has 0 aliphatic heterocycles. The third kappa shape index (κ3) is 5.01. The number of carboxylic acid groups (broad SMARTS) is 2. The number of hydrogen-bond donors (Lipinski definition) is 3. The van der Waals surface area contributed by atoms with E-state index in [9.17, 15) is 4.39 Å². The Balaban J connectivity index is 0.000000636. The minimum atomic E-state index is -1.83. The second-order valence-corrected chi connectivity index (χ2v) is 8.81. The number of halogens is 2. The molecule has 3 heterocycles. The second kappa shape index (κ2) is 10.2. The third-order valence-electron chi connectivity index (χ3n) is 5.84. The summed E-state index contributed by atoms with van der Waals surface area (Å²) in [5.41, 5.74) is 11.7. The normalized spacial score (nSPS) is 17.7. The first-order valence-corrected chi connectivity index (χ1v) is 11.5. The molecule has 1 saturated carbocycles. The van der Waals surface area contributed by atoms with Crippen LogP contribution in [0.5, 0.6) is 0 Å². The number of benzene rings is 1. The van der Waals surface area contributed by atoms with Gasteiger partial charge in [0, 0.05) is 28.8 Å². The molecule has 0 radical (unpaired) electrons. The molecule has 1 aliphatic carbocycles. The van der Waals surface area contributed by atoms with Crippen LogP contribution in [0.2, 0.25) is 0 Å². The molecule has 3 aromatic heterocycles. The van der Waals surface area contributed by atoms with E-state index in [1.54, 1.807) is 10.7 Å². The van der Waals surface area contributed by atoms with Crippen LogP contribution in [-0.2, 0) is 0 Å². The maximum Gasteiger partial charge on any atom is 0.503 e. The molecule has 0 unspecified atom stereocenters. The fourth-order valence-corrected chi connectivity index (χ4v) is 4.73. The number of nitrogens with two attached hydrogens (primary N) is 1. The highest BCUT2D eigenvalue weighted by atomic mass is 79.9. The summed E-state index contributed by atoms with van der Waals surface area (Å²) in [6.45, 7) is 0. The molecule has 8 nitrogen and oxygen atoms in total. The lowest BCUT2D eigenvalue weighted by Crippen LogP contribution is -2.16. The summed E-state index contributed by atoms with van der Waals surface area (Å²) in [7, 11) is 0. The Bertz CT molecular complexity index is 1290. The zero-order valence-electron chi connectivity index (χ0n) is 18.1. The summed E-state index contributed by atoms with van der Waals surface area (Å²) in [6, 6.07) is 14.1. The van der Waals surface area contributed by atoms with Gasteiger partial charge in [-0.25, -0.2) is 14.2 Å². The highest BCUT2D eigenvalue weighted by Crippen LogP contribution is 2.39. The lowest BCUT2D eigenvalue weighted by atomic mass is 9.86. The van der Waals surface area contributed by atoms with Gasteiger partial charge in [0.05, 0.1) is 22.1 Å². The average molecular weight is 528 g/mol. The van der Waals surface area contributed by atoms with Crippen molar-refractivity contribution in [2.45, 2.75) is 37.8 Å². The van der Waals surface area contributed by atoms with Crippen molar-refractivity contribution in [3.8, 4) is 22.4 Å². The van der Waals surface area contributed by atoms with Crippen molar-refractivity contribution in [1.82, 2.24) is 19.6 Å². The van der Waals surface area contributed by atoms with E-state index in [1.165, 1.54) is 0 Å². The van der Waals surface area contributed by atoms with Gasteiger partial charge in [0.1, 0.15) is 12.0 Å².